The molecule has 0 radical (unpaired) electrons. The van der Waals surface area contributed by atoms with E-state index in [2.05, 4.69) is 16.5 Å². The zero-order valence-electron chi connectivity index (χ0n) is 15.9. The monoisotopic (exact) mass is 377 g/mol. The van der Waals surface area contributed by atoms with Gasteiger partial charge in [-0.05, 0) is 45.7 Å². The zero-order valence-corrected chi connectivity index (χ0v) is 16.8. The maximum Gasteiger partial charge on any atom is 0.233 e. The Hall–Kier alpha value is -1.73. The summed E-state index contributed by atoms with van der Waals surface area (Å²) >= 11 is 1.49. The first-order valence-electron chi connectivity index (χ1n) is 9.01. The van der Waals surface area contributed by atoms with Crippen LogP contribution in [0.4, 0.5) is 0 Å². The number of aromatic nitrogens is 2. The predicted molar refractivity (Wildman–Crippen MR) is 101 cm³/mol. The summed E-state index contributed by atoms with van der Waals surface area (Å²) in [6, 6.07) is 3.82. The number of amides is 1. The summed E-state index contributed by atoms with van der Waals surface area (Å²) in [5.74, 6) is 2.08. The van der Waals surface area contributed by atoms with Gasteiger partial charge >= 0.3 is 0 Å². The zero-order chi connectivity index (χ0) is 18.7. The van der Waals surface area contributed by atoms with E-state index in [0.717, 1.165) is 54.1 Å². The highest BCUT2D eigenvalue weighted by Crippen LogP contribution is 2.24. The number of carbonyl (C=O) groups excluding carboxylic acids is 1. The molecule has 0 aromatic carbocycles. The van der Waals surface area contributed by atoms with Crippen LogP contribution in [0, 0.1) is 20.8 Å². The number of rotatable bonds is 7. The topological polar surface area (TPSA) is 60.5 Å². The summed E-state index contributed by atoms with van der Waals surface area (Å²) in [4.78, 5) is 18.8. The second-order valence-corrected chi connectivity index (χ2v) is 7.80. The van der Waals surface area contributed by atoms with E-state index in [0.29, 0.717) is 12.3 Å². The third-order valence-corrected chi connectivity index (χ3v) is 5.73. The molecule has 26 heavy (non-hydrogen) atoms. The normalized spacial score (nSPS) is 17.0. The standard InChI is InChI=1S/C19H27N3O3S/c1-13-7-8-17(25-13)10-21(4)18(23)12-26-19-20-14(2)15(3)22(19)11-16-6-5-9-24-16/h7-8,16H,5-6,9-12H2,1-4H3. The van der Waals surface area contributed by atoms with Crippen LogP contribution in [0.15, 0.2) is 21.7 Å². The summed E-state index contributed by atoms with van der Waals surface area (Å²) in [5.41, 5.74) is 2.16. The highest BCUT2D eigenvalue weighted by molar-refractivity contribution is 7.99. The van der Waals surface area contributed by atoms with E-state index in [1.54, 1.807) is 11.9 Å². The van der Waals surface area contributed by atoms with Crippen molar-refractivity contribution in [1.82, 2.24) is 14.5 Å². The highest BCUT2D eigenvalue weighted by Gasteiger charge is 2.21. The molecule has 2 aromatic heterocycles. The molecular weight excluding hydrogens is 350 g/mol. The second kappa shape index (κ2) is 8.31. The van der Waals surface area contributed by atoms with Crippen molar-refractivity contribution in [1.29, 1.82) is 0 Å². The van der Waals surface area contributed by atoms with Crippen LogP contribution in [0.2, 0.25) is 0 Å². The molecule has 1 aliphatic heterocycles. The minimum atomic E-state index is 0.0611. The molecule has 142 valence electrons. The molecule has 2 aromatic rings. The van der Waals surface area contributed by atoms with Crippen molar-refractivity contribution in [2.45, 2.75) is 58.0 Å². The maximum absolute atomic E-state index is 12.5. The summed E-state index contributed by atoms with van der Waals surface area (Å²) in [6.45, 7) is 8.13. The molecule has 1 amide bonds. The van der Waals surface area contributed by atoms with Gasteiger partial charge in [0.05, 0.1) is 30.6 Å². The fourth-order valence-electron chi connectivity index (χ4n) is 3.07. The quantitative estimate of drug-likeness (QED) is 0.693. The fraction of sp³-hybridized carbons (Fsp3) is 0.579. The number of thioether (sulfide) groups is 1. The highest BCUT2D eigenvalue weighted by atomic mass is 32.2. The van der Waals surface area contributed by atoms with Gasteiger partial charge in [0, 0.05) is 19.3 Å². The number of carbonyl (C=O) groups is 1. The van der Waals surface area contributed by atoms with Crippen molar-refractivity contribution in [2.75, 3.05) is 19.4 Å². The third-order valence-electron chi connectivity index (χ3n) is 4.77. The van der Waals surface area contributed by atoms with Crippen LogP contribution < -0.4 is 0 Å². The lowest BCUT2D eigenvalue weighted by Crippen LogP contribution is -2.27. The van der Waals surface area contributed by atoms with E-state index in [9.17, 15) is 4.79 Å². The number of hydrogen-bond acceptors (Lipinski definition) is 5. The summed E-state index contributed by atoms with van der Waals surface area (Å²) < 4.78 is 13.5. The van der Waals surface area contributed by atoms with Gasteiger partial charge in [0.2, 0.25) is 5.91 Å². The molecular formula is C19H27N3O3S. The van der Waals surface area contributed by atoms with Crippen molar-refractivity contribution in [3.8, 4) is 0 Å². The van der Waals surface area contributed by atoms with Crippen LogP contribution in [-0.2, 0) is 22.6 Å². The number of nitrogens with zero attached hydrogens (tertiary/aromatic N) is 3. The Morgan fingerprint density at radius 1 is 1.38 bits per heavy atom. The molecule has 1 aliphatic rings. The lowest BCUT2D eigenvalue weighted by molar-refractivity contribution is -0.127. The molecule has 7 heteroatoms. The van der Waals surface area contributed by atoms with Crippen molar-refractivity contribution in [2.24, 2.45) is 0 Å². The molecule has 0 N–H and O–H groups in total. The molecule has 3 heterocycles. The van der Waals surface area contributed by atoms with Gasteiger partial charge in [0.25, 0.3) is 0 Å². The maximum atomic E-state index is 12.5. The van der Waals surface area contributed by atoms with Crippen molar-refractivity contribution in [3.05, 3.63) is 35.0 Å². The summed E-state index contributed by atoms with van der Waals surface area (Å²) in [6.07, 6.45) is 2.46. The van der Waals surface area contributed by atoms with Gasteiger partial charge in [-0.2, -0.15) is 0 Å². The first-order chi connectivity index (χ1) is 12.4. The molecule has 1 atom stereocenters. The molecule has 3 rings (SSSR count). The minimum absolute atomic E-state index is 0.0611. The van der Waals surface area contributed by atoms with E-state index in [1.165, 1.54) is 11.8 Å². The van der Waals surface area contributed by atoms with E-state index in [4.69, 9.17) is 9.15 Å². The lowest BCUT2D eigenvalue weighted by atomic mass is 10.2. The number of ether oxygens (including phenoxy) is 1. The first-order valence-corrected chi connectivity index (χ1v) is 10.00. The van der Waals surface area contributed by atoms with Crippen LogP contribution in [0.3, 0.4) is 0 Å². The second-order valence-electron chi connectivity index (χ2n) is 6.86. The molecule has 1 saturated heterocycles. The Labute approximate surface area is 158 Å². The van der Waals surface area contributed by atoms with E-state index in [1.807, 2.05) is 26.0 Å². The van der Waals surface area contributed by atoms with Gasteiger partial charge in [0.1, 0.15) is 11.5 Å². The number of hydrogen-bond donors (Lipinski definition) is 0. The van der Waals surface area contributed by atoms with Crippen LogP contribution in [-0.4, -0.2) is 45.9 Å². The SMILES string of the molecule is Cc1ccc(CN(C)C(=O)CSc2nc(C)c(C)n2CC2CCCO2)o1. The summed E-state index contributed by atoms with van der Waals surface area (Å²) in [7, 11) is 1.80. The Morgan fingerprint density at radius 3 is 2.85 bits per heavy atom. The summed E-state index contributed by atoms with van der Waals surface area (Å²) in [5, 5.41) is 0.895. The van der Waals surface area contributed by atoms with Crippen LogP contribution in [0.25, 0.3) is 0 Å². The van der Waals surface area contributed by atoms with Crippen molar-refractivity contribution >= 4 is 17.7 Å². The van der Waals surface area contributed by atoms with Crippen LogP contribution in [0.5, 0.6) is 0 Å². The average molecular weight is 378 g/mol. The molecule has 0 spiro atoms. The molecule has 0 saturated carbocycles. The van der Waals surface area contributed by atoms with E-state index in [-0.39, 0.29) is 12.0 Å². The van der Waals surface area contributed by atoms with Gasteiger partial charge in [-0.15, -0.1) is 0 Å². The van der Waals surface area contributed by atoms with Gasteiger partial charge < -0.3 is 18.6 Å². The first kappa shape index (κ1) is 19.0. The molecule has 1 unspecified atom stereocenters. The predicted octanol–water partition coefficient (Wildman–Crippen LogP) is 3.33. The molecule has 0 bridgehead atoms. The van der Waals surface area contributed by atoms with Gasteiger partial charge in [-0.3, -0.25) is 4.79 Å². The minimum Gasteiger partial charge on any atom is -0.464 e. The molecule has 1 fully saturated rings. The molecule has 6 nitrogen and oxygen atoms in total. The van der Waals surface area contributed by atoms with Gasteiger partial charge in [-0.1, -0.05) is 11.8 Å². The fourth-order valence-corrected chi connectivity index (χ4v) is 4.11. The van der Waals surface area contributed by atoms with Crippen molar-refractivity contribution < 1.29 is 13.9 Å². The van der Waals surface area contributed by atoms with E-state index < -0.39 is 0 Å². The van der Waals surface area contributed by atoms with Crippen molar-refractivity contribution in [3.63, 3.8) is 0 Å². The Bertz CT molecular complexity index is 762. The lowest BCUT2D eigenvalue weighted by Gasteiger charge is -2.17. The Morgan fingerprint density at radius 2 is 2.19 bits per heavy atom. The number of aryl methyl sites for hydroxylation is 2. The van der Waals surface area contributed by atoms with Crippen LogP contribution >= 0.6 is 11.8 Å². The Balaban J connectivity index is 1.59. The largest absolute Gasteiger partial charge is 0.464 e. The number of imidazole rings is 1. The molecule has 0 aliphatic carbocycles. The number of furan rings is 1. The van der Waals surface area contributed by atoms with Gasteiger partial charge in [0.15, 0.2) is 5.16 Å². The Kier molecular flexibility index (Phi) is 6.09. The van der Waals surface area contributed by atoms with Crippen LogP contribution in [0.1, 0.15) is 35.7 Å². The smallest absolute Gasteiger partial charge is 0.233 e. The average Bonchev–Trinajstić information content (AvgIpc) is 3.32. The third kappa shape index (κ3) is 4.51. The van der Waals surface area contributed by atoms with E-state index >= 15 is 0 Å². The van der Waals surface area contributed by atoms with Gasteiger partial charge in [-0.25, -0.2) is 4.98 Å².